The van der Waals surface area contributed by atoms with Gasteiger partial charge in [-0.25, -0.2) is 4.79 Å². The zero-order valence-electron chi connectivity index (χ0n) is 14.1. The van der Waals surface area contributed by atoms with E-state index in [-0.39, 0.29) is 6.61 Å². The van der Waals surface area contributed by atoms with Gasteiger partial charge in [0.2, 0.25) is 0 Å². The highest BCUT2D eigenvalue weighted by Gasteiger charge is 2.56. The normalized spacial score (nSPS) is 31.4. The third-order valence-electron chi connectivity index (χ3n) is 4.16. The Balaban J connectivity index is 1.53. The molecule has 3 rings (SSSR count). The van der Waals surface area contributed by atoms with Crippen LogP contribution in [0, 0.1) is 0 Å². The second kappa shape index (κ2) is 7.27. The van der Waals surface area contributed by atoms with Crippen LogP contribution in [0.25, 0.3) is 0 Å². The fraction of sp³-hybridized carbons (Fsp3) is 0.588. The predicted octanol–water partition coefficient (Wildman–Crippen LogP) is 0.511. The summed E-state index contributed by atoms with van der Waals surface area (Å²) in [6.07, 6.45) is -4.03. The quantitative estimate of drug-likeness (QED) is 0.708. The van der Waals surface area contributed by atoms with E-state index in [4.69, 9.17) is 18.9 Å². The number of aliphatic hydroxyl groups is 2. The van der Waals surface area contributed by atoms with Gasteiger partial charge in [-0.3, -0.25) is 0 Å². The average Bonchev–Trinajstić information content (AvgIpc) is 3.05. The Kier molecular flexibility index (Phi) is 5.26. The highest BCUT2D eigenvalue weighted by atomic mass is 16.8. The molecule has 8 heteroatoms. The molecule has 138 valence electrons. The van der Waals surface area contributed by atoms with Crippen molar-refractivity contribution in [1.29, 1.82) is 0 Å². The van der Waals surface area contributed by atoms with Gasteiger partial charge in [-0.1, -0.05) is 30.3 Å². The topological polar surface area (TPSA) is 106 Å². The van der Waals surface area contributed by atoms with Crippen LogP contribution in [-0.4, -0.2) is 59.3 Å². The maximum Gasteiger partial charge on any atom is 0.407 e. The molecule has 2 heterocycles. The van der Waals surface area contributed by atoms with E-state index < -0.39 is 49.1 Å². The van der Waals surface area contributed by atoms with Crippen LogP contribution in [0.3, 0.4) is 0 Å². The van der Waals surface area contributed by atoms with Crippen molar-refractivity contribution in [3.8, 4) is 0 Å². The summed E-state index contributed by atoms with van der Waals surface area (Å²) in [7, 11) is 0. The molecule has 2 aliphatic rings. The van der Waals surface area contributed by atoms with E-state index in [1.807, 2.05) is 30.3 Å². The van der Waals surface area contributed by atoms with Crippen molar-refractivity contribution in [3.63, 3.8) is 0 Å². The molecule has 25 heavy (non-hydrogen) atoms. The van der Waals surface area contributed by atoms with Gasteiger partial charge >= 0.3 is 6.09 Å². The number of fused-ring (bicyclic) bond motifs is 1. The van der Waals surface area contributed by atoms with Gasteiger partial charge in [0.15, 0.2) is 12.1 Å². The van der Waals surface area contributed by atoms with Crippen LogP contribution in [0.1, 0.15) is 19.4 Å². The Morgan fingerprint density at radius 3 is 2.68 bits per heavy atom. The van der Waals surface area contributed by atoms with Gasteiger partial charge in [0.05, 0.1) is 12.6 Å². The molecule has 2 saturated heterocycles. The molecule has 0 saturated carbocycles. The average molecular weight is 353 g/mol. The molecule has 0 bridgehead atoms. The lowest BCUT2D eigenvalue weighted by Gasteiger charge is -2.27. The summed E-state index contributed by atoms with van der Waals surface area (Å²) in [6, 6.07) is 8.37. The van der Waals surface area contributed by atoms with Crippen LogP contribution in [-0.2, 0) is 25.6 Å². The summed E-state index contributed by atoms with van der Waals surface area (Å²) >= 11 is 0. The first-order valence-corrected chi connectivity index (χ1v) is 8.17. The Labute approximate surface area is 145 Å². The maximum atomic E-state index is 12.0. The lowest BCUT2D eigenvalue weighted by Crippen LogP contribution is -2.51. The number of hydrogen-bond donors (Lipinski definition) is 3. The summed E-state index contributed by atoms with van der Waals surface area (Å²) in [6.45, 7) is 3.12. The van der Waals surface area contributed by atoms with Gasteiger partial charge in [0.25, 0.3) is 0 Å². The molecule has 2 fully saturated rings. The van der Waals surface area contributed by atoms with Gasteiger partial charge in [-0.05, 0) is 19.4 Å². The number of aliphatic hydroxyl groups excluding tert-OH is 2. The second-order valence-corrected chi connectivity index (χ2v) is 6.55. The Morgan fingerprint density at radius 2 is 2.04 bits per heavy atom. The number of hydrogen-bond acceptors (Lipinski definition) is 7. The third-order valence-corrected chi connectivity index (χ3v) is 4.16. The highest BCUT2D eigenvalue weighted by Crippen LogP contribution is 2.38. The van der Waals surface area contributed by atoms with Crippen molar-refractivity contribution in [1.82, 2.24) is 5.32 Å². The zero-order valence-corrected chi connectivity index (χ0v) is 14.1. The number of rotatable bonds is 5. The number of benzene rings is 1. The van der Waals surface area contributed by atoms with Crippen LogP contribution >= 0.6 is 0 Å². The molecule has 0 radical (unpaired) electrons. The van der Waals surface area contributed by atoms with Crippen molar-refractivity contribution >= 4 is 6.09 Å². The summed E-state index contributed by atoms with van der Waals surface area (Å²) in [5, 5.41) is 22.5. The number of amides is 1. The van der Waals surface area contributed by atoms with Crippen LogP contribution in [0.5, 0.6) is 0 Å². The monoisotopic (exact) mass is 353 g/mol. The minimum Gasteiger partial charge on any atom is -0.445 e. The molecular formula is C17H23NO7. The Hall–Kier alpha value is -1.71. The summed E-state index contributed by atoms with van der Waals surface area (Å²) < 4.78 is 21.9. The standard InChI is InChI=1S/C17H23NO7/c1-17(2)24-14-12(20)13(23-15(14)25-17)11(8-19)18-16(21)22-9-10-6-4-3-5-7-10/h3-7,11-15,19-20H,8-9H2,1-2H3,(H,18,21)/t11-,12-,13+,14+,15+/m0/s1. The van der Waals surface area contributed by atoms with Crippen molar-refractivity contribution < 1.29 is 34.0 Å². The molecule has 0 aliphatic carbocycles. The lowest BCUT2D eigenvalue weighted by atomic mass is 10.0. The van der Waals surface area contributed by atoms with Crippen molar-refractivity contribution in [3.05, 3.63) is 35.9 Å². The molecule has 1 aromatic rings. The minimum absolute atomic E-state index is 0.102. The molecule has 0 aromatic heterocycles. The van der Waals surface area contributed by atoms with E-state index in [1.165, 1.54) is 0 Å². The molecule has 1 aromatic carbocycles. The summed E-state index contributed by atoms with van der Waals surface area (Å²) in [5.74, 6) is -0.849. The Bertz CT molecular complexity index is 594. The first kappa shape index (κ1) is 18.1. The minimum atomic E-state index is -1.04. The number of nitrogens with one attached hydrogen (secondary N) is 1. The van der Waals surface area contributed by atoms with E-state index >= 15 is 0 Å². The van der Waals surface area contributed by atoms with Gasteiger partial charge in [-0.2, -0.15) is 0 Å². The molecule has 0 spiro atoms. The third kappa shape index (κ3) is 4.10. The van der Waals surface area contributed by atoms with Crippen LogP contribution in [0.2, 0.25) is 0 Å². The van der Waals surface area contributed by atoms with Gasteiger partial charge < -0.3 is 34.5 Å². The zero-order chi connectivity index (χ0) is 18.0. The molecule has 8 nitrogen and oxygen atoms in total. The smallest absolute Gasteiger partial charge is 0.407 e. The second-order valence-electron chi connectivity index (χ2n) is 6.55. The maximum absolute atomic E-state index is 12.0. The molecular weight excluding hydrogens is 330 g/mol. The van der Waals surface area contributed by atoms with E-state index in [0.29, 0.717) is 0 Å². The highest BCUT2D eigenvalue weighted by molar-refractivity contribution is 5.67. The van der Waals surface area contributed by atoms with E-state index in [9.17, 15) is 15.0 Å². The van der Waals surface area contributed by atoms with E-state index in [1.54, 1.807) is 13.8 Å². The van der Waals surface area contributed by atoms with Crippen LogP contribution in [0.15, 0.2) is 30.3 Å². The molecule has 1 amide bonds. The largest absolute Gasteiger partial charge is 0.445 e. The molecule has 0 unspecified atom stereocenters. The number of ether oxygens (including phenoxy) is 4. The summed E-state index contributed by atoms with van der Waals surface area (Å²) in [5.41, 5.74) is 0.842. The predicted molar refractivity (Wildman–Crippen MR) is 85.3 cm³/mol. The van der Waals surface area contributed by atoms with Crippen molar-refractivity contribution in [2.24, 2.45) is 0 Å². The fourth-order valence-electron chi connectivity index (χ4n) is 3.00. The van der Waals surface area contributed by atoms with Crippen LogP contribution < -0.4 is 5.32 Å². The van der Waals surface area contributed by atoms with Gasteiger partial charge in [-0.15, -0.1) is 0 Å². The molecule has 5 atom stereocenters. The van der Waals surface area contributed by atoms with E-state index in [0.717, 1.165) is 5.56 Å². The fourth-order valence-corrected chi connectivity index (χ4v) is 3.00. The van der Waals surface area contributed by atoms with Crippen LogP contribution in [0.4, 0.5) is 4.79 Å². The van der Waals surface area contributed by atoms with Gasteiger partial charge in [0.1, 0.15) is 24.9 Å². The van der Waals surface area contributed by atoms with Gasteiger partial charge in [0, 0.05) is 0 Å². The first-order valence-electron chi connectivity index (χ1n) is 8.17. The number of carbonyl (C=O) groups is 1. The molecule has 3 N–H and O–H groups in total. The Morgan fingerprint density at radius 1 is 1.32 bits per heavy atom. The SMILES string of the molecule is CC1(C)O[C@H]2O[C@H]([C@H](CO)NC(=O)OCc3ccccc3)[C@H](O)[C@H]2O1. The van der Waals surface area contributed by atoms with E-state index in [2.05, 4.69) is 5.32 Å². The summed E-state index contributed by atoms with van der Waals surface area (Å²) in [4.78, 5) is 12.0. The molecule has 2 aliphatic heterocycles. The number of alkyl carbamates (subject to hydrolysis) is 1. The van der Waals surface area contributed by atoms with Crippen molar-refractivity contribution in [2.75, 3.05) is 6.61 Å². The first-order chi connectivity index (χ1) is 11.9. The van der Waals surface area contributed by atoms with Crippen molar-refractivity contribution in [2.45, 2.75) is 56.9 Å². The lowest BCUT2D eigenvalue weighted by molar-refractivity contribution is -0.218. The number of carbonyl (C=O) groups excluding carboxylic acids is 1.